The van der Waals surface area contributed by atoms with Gasteiger partial charge in [-0.1, -0.05) is 23.2 Å². The molecule has 0 radical (unpaired) electrons. The normalized spacial score (nSPS) is 13.9. The van der Waals surface area contributed by atoms with Crippen molar-refractivity contribution in [1.82, 2.24) is 9.78 Å². The molecule has 134 valence electrons. The van der Waals surface area contributed by atoms with Gasteiger partial charge in [-0.05, 0) is 23.8 Å². The van der Waals surface area contributed by atoms with Gasteiger partial charge in [0.25, 0.3) is 0 Å². The van der Waals surface area contributed by atoms with Crippen molar-refractivity contribution in [3.05, 3.63) is 45.1 Å². The lowest BCUT2D eigenvalue weighted by Crippen LogP contribution is -2.23. The highest BCUT2D eigenvalue weighted by Gasteiger charge is 2.44. The Bertz CT molecular complexity index is 816. The van der Waals surface area contributed by atoms with Gasteiger partial charge in [-0.25, -0.2) is 9.48 Å². The minimum absolute atomic E-state index is 0.0790. The van der Waals surface area contributed by atoms with E-state index in [0.717, 1.165) is 7.11 Å². The lowest BCUT2D eigenvalue weighted by molar-refractivity contribution is -0.142. The maximum atomic E-state index is 13.2. The molecular weight excluding hydrogens is 382 g/mol. The largest absolute Gasteiger partial charge is 0.465 e. The van der Waals surface area contributed by atoms with Crippen LogP contribution < -0.4 is 4.90 Å². The third-order valence-corrected chi connectivity index (χ3v) is 4.20. The van der Waals surface area contributed by atoms with Crippen LogP contribution in [0.5, 0.6) is 0 Å². The molecule has 0 amide bonds. The van der Waals surface area contributed by atoms with E-state index in [2.05, 4.69) is 9.84 Å². The van der Waals surface area contributed by atoms with Crippen molar-refractivity contribution in [2.45, 2.75) is 19.3 Å². The number of alkyl halides is 3. The fourth-order valence-electron chi connectivity index (χ4n) is 2.82. The minimum Gasteiger partial charge on any atom is -0.465 e. The van der Waals surface area contributed by atoms with E-state index in [4.69, 9.17) is 23.2 Å². The summed E-state index contributed by atoms with van der Waals surface area (Å²) in [5.41, 5.74) is -1.12. The Morgan fingerprint density at radius 2 is 1.88 bits per heavy atom. The molecule has 3 rings (SSSR count). The van der Waals surface area contributed by atoms with Gasteiger partial charge in [-0.15, -0.1) is 0 Å². The summed E-state index contributed by atoms with van der Waals surface area (Å²) in [7, 11) is 1.03. The Kier molecular flexibility index (Phi) is 4.59. The maximum absolute atomic E-state index is 13.2. The van der Waals surface area contributed by atoms with E-state index in [0.29, 0.717) is 22.2 Å². The van der Waals surface area contributed by atoms with Gasteiger partial charge in [0.1, 0.15) is 11.4 Å². The average Bonchev–Trinajstić information content (AvgIpc) is 3.05. The van der Waals surface area contributed by atoms with Crippen LogP contribution in [0, 0.1) is 0 Å². The average molecular weight is 394 g/mol. The van der Waals surface area contributed by atoms with Crippen molar-refractivity contribution in [2.24, 2.45) is 0 Å². The van der Waals surface area contributed by atoms with Gasteiger partial charge in [0.2, 0.25) is 0 Å². The SMILES string of the molecule is COC(=O)c1c(C(F)(F)F)nn2c1N(Cc1cc(Cl)cc(Cl)c1)CC2. The Balaban J connectivity index is 2.03. The third kappa shape index (κ3) is 3.41. The number of methoxy groups -OCH3 is 1. The number of benzene rings is 1. The summed E-state index contributed by atoms with van der Waals surface area (Å²) in [5, 5.41) is 4.39. The van der Waals surface area contributed by atoms with Crippen LogP contribution in [-0.4, -0.2) is 29.4 Å². The lowest BCUT2D eigenvalue weighted by Gasteiger charge is -2.19. The van der Waals surface area contributed by atoms with Gasteiger partial charge in [0.05, 0.1) is 13.7 Å². The summed E-state index contributed by atoms with van der Waals surface area (Å²) in [4.78, 5) is 13.6. The number of aromatic nitrogens is 2. The summed E-state index contributed by atoms with van der Waals surface area (Å²) in [5.74, 6) is -1.00. The van der Waals surface area contributed by atoms with Gasteiger partial charge >= 0.3 is 12.1 Å². The molecule has 0 aliphatic carbocycles. The van der Waals surface area contributed by atoms with Crippen molar-refractivity contribution in [3.63, 3.8) is 0 Å². The summed E-state index contributed by atoms with van der Waals surface area (Å²) in [6.45, 7) is 0.853. The summed E-state index contributed by atoms with van der Waals surface area (Å²) in [6, 6.07) is 4.88. The molecule has 5 nitrogen and oxygen atoms in total. The van der Waals surface area contributed by atoms with Crippen molar-refractivity contribution >= 4 is 35.0 Å². The number of carbonyl (C=O) groups excluding carboxylic acids is 1. The fourth-order valence-corrected chi connectivity index (χ4v) is 3.39. The molecule has 10 heteroatoms. The molecule has 0 bridgehead atoms. The van der Waals surface area contributed by atoms with E-state index < -0.39 is 23.4 Å². The molecule has 0 N–H and O–H groups in total. The minimum atomic E-state index is -4.76. The molecule has 1 aromatic heterocycles. The predicted molar refractivity (Wildman–Crippen MR) is 86.1 cm³/mol. The number of hydrogen-bond donors (Lipinski definition) is 0. The van der Waals surface area contributed by atoms with E-state index in [1.807, 2.05) is 0 Å². The van der Waals surface area contributed by atoms with Crippen LogP contribution >= 0.6 is 23.2 Å². The number of ether oxygens (including phenoxy) is 1. The van der Waals surface area contributed by atoms with Crippen LogP contribution in [0.15, 0.2) is 18.2 Å². The van der Waals surface area contributed by atoms with Crippen LogP contribution in [0.4, 0.5) is 19.0 Å². The second-order valence-electron chi connectivity index (χ2n) is 5.46. The number of fused-ring (bicyclic) bond motifs is 1. The molecule has 1 aliphatic heterocycles. The number of carbonyl (C=O) groups is 1. The molecule has 1 aliphatic rings. The Morgan fingerprint density at radius 1 is 1.24 bits per heavy atom. The first-order valence-corrected chi connectivity index (χ1v) is 7.92. The number of esters is 1. The Hall–Kier alpha value is -1.93. The number of anilines is 1. The standard InChI is InChI=1S/C15H12Cl2F3N3O2/c1-25-14(24)11-12(15(18,19)20)21-23-3-2-22(13(11)23)7-8-4-9(16)6-10(17)5-8/h4-6H,2-3,7H2,1H3. The second kappa shape index (κ2) is 6.42. The van der Waals surface area contributed by atoms with Crippen molar-refractivity contribution in [1.29, 1.82) is 0 Å². The number of halogens is 5. The van der Waals surface area contributed by atoms with Gasteiger partial charge < -0.3 is 9.64 Å². The number of nitrogens with zero attached hydrogens (tertiary/aromatic N) is 3. The molecule has 2 heterocycles. The van der Waals surface area contributed by atoms with Crippen LogP contribution in [0.1, 0.15) is 21.6 Å². The van der Waals surface area contributed by atoms with Crippen LogP contribution in [0.25, 0.3) is 0 Å². The molecule has 0 saturated carbocycles. The van der Waals surface area contributed by atoms with Crippen LogP contribution in [-0.2, 0) is 24.0 Å². The van der Waals surface area contributed by atoms with E-state index >= 15 is 0 Å². The van der Waals surface area contributed by atoms with Crippen molar-refractivity contribution in [3.8, 4) is 0 Å². The summed E-state index contributed by atoms with van der Waals surface area (Å²) < 4.78 is 45.4. The second-order valence-corrected chi connectivity index (χ2v) is 6.33. The maximum Gasteiger partial charge on any atom is 0.436 e. The van der Waals surface area contributed by atoms with Crippen LogP contribution in [0.3, 0.4) is 0 Å². The zero-order chi connectivity index (χ0) is 18.4. The van der Waals surface area contributed by atoms with Gasteiger partial charge in [-0.2, -0.15) is 18.3 Å². The highest BCUT2D eigenvalue weighted by Crippen LogP contribution is 2.39. The van der Waals surface area contributed by atoms with Crippen molar-refractivity contribution in [2.75, 3.05) is 18.6 Å². The summed E-state index contributed by atoms with van der Waals surface area (Å²) >= 11 is 11.9. The van der Waals surface area contributed by atoms with E-state index in [-0.39, 0.29) is 18.9 Å². The Labute approximate surface area is 150 Å². The lowest BCUT2D eigenvalue weighted by atomic mass is 10.2. The monoisotopic (exact) mass is 393 g/mol. The molecule has 0 saturated heterocycles. The van der Waals surface area contributed by atoms with Gasteiger partial charge in [0, 0.05) is 23.1 Å². The Morgan fingerprint density at radius 3 is 2.44 bits per heavy atom. The number of hydrogen-bond acceptors (Lipinski definition) is 4. The smallest absolute Gasteiger partial charge is 0.436 e. The highest BCUT2D eigenvalue weighted by molar-refractivity contribution is 6.34. The van der Waals surface area contributed by atoms with E-state index in [9.17, 15) is 18.0 Å². The molecule has 1 aromatic carbocycles. The molecular formula is C15H12Cl2F3N3O2. The highest BCUT2D eigenvalue weighted by atomic mass is 35.5. The molecule has 0 atom stereocenters. The first-order valence-electron chi connectivity index (χ1n) is 7.17. The van der Waals surface area contributed by atoms with Crippen molar-refractivity contribution < 1.29 is 22.7 Å². The molecule has 0 spiro atoms. The van der Waals surface area contributed by atoms with E-state index in [1.165, 1.54) is 4.68 Å². The van der Waals surface area contributed by atoms with Gasteiger partial charge in [0.15, 0.2) is 5.69 Å². The molecule has 2 aromatic rings. The quantitative estimate of drug-likeness (QED) is 0.739. The number of rotatable bonds is 3. The first-order chi connectivity index (χ1) is 11.7. The molecule has 0 fully saturated rings. The zero-order valence-corrected chi connectivity index (χ0v) is 14.4. The van der Waals surface area contributed by atoms with Crippen LogP contribution in [0.2, 0.25) is 10.0 Å². The third-order valence-electron chi connectivity index (χ3n) is 3.76. The zero-order valence-electron chi connectivity index (χ0n) is 12.9. The predicted octanol–water partition coefficient (Wildman–Crippen LogP) is 4.02. The molecule has 25 heavy (non-hydrogen) atoms. The fraction of sp³-hybridized carbons (Fsp3) is 0.333. The molecule has 0 unspecified atom stereocenters. The first kappa shape index (κ1) is 17.9. The topological polar surface area (TPSA) is 47.4 Å². The van der Waals surface area contributed by atoms with Gasteiger partial charge in [-0.3, -0.25) is 0 Å². The van der Waals surface area contributed by atoms with E-state index in [1.54, 1.807) is 23.1 Å². The summed E-state index contributed by atoms with van der Waals surface area (Å²) in [6.07, 6.45) is -4.76.